The number of rotatable bonds is 6. The fourth-order valence-corrected chi connectivity index (χ4v) is 4.05. The van der Waals surface area contributed by atoms with E-state index in [0.29, 0.717) is 15.8 Å². The zero-order valence-corrected chi connectivity index (χ0v) is 17.2. The van der Waals surface area contributed by atoms with Crippen LogP contribution >= 0.6 is 11.3 Å². The Labute approximate surface area is 174 Å². The fraction of sp³-hybridized carbons (Fsp3) is 0.368. The van der Waals surface area contributed by atoms with Gasteiger partial charge in [-0.25, -0.2) is 4.79 Å². The second kappa shape index (κ2) is 8.99. The highest BCUT2D eigenvalue weighted by Crippen LogP contribution is 2.20. The Kier molecular flexibility index (Phi) is 6.40. The maximum Gasteiger partial charge on any atom is 0.337 e. The quantitative estimate of drug-likeness (QED) is 0.483. The normalized spacial score (nSPS) is 14.5. The minimum Gasteiger partial charge on any atom is -0.465 e. The highest BCUT2D eigenvalue weighted by atomic mass is 32.1. The first kappa shape index (κ1) is 21.4. The SMILES string of the molecule is CCOC(=O)Cn1c(=NC(=O)CN2C(=O)CCC2=O)sc2cc(C(=O)OC)ccc21. The van der Waals surface area contributed by atoms with E-state index in [1.807, 2.05) is 0 Å². The van der Waals surface area contributed by atoms with Crippen LogP contribution in [0.4, 0.5) is 0 Å². The van der Waals surface area contributed by atoms with Gasteiger partial charge >= 0.3 is 11.9 Å². The number of fused-ring (bicyclic) bond motifs is 1. The van der Waals surface area contributed by atoms with Crippen LogP contribution in [0, 0.1) is 0 Å². The molecule has 0 saturated carbocycles. The smallest absolute Gasteiger partial charge is 0.337 e. The molecule has 1 aliphatic rings. The Hall–Kier alpha value is -3.34. The summed E-state index contributed by atoms with van der Waals surface area (Å²) in [7, 11) is 1.27. The van der Waals surface area contributed by atoms with Gasteiger partial charge in [0.1, 0.15) is 13.1 Å². The van der Waals surface area contributed by atoms with Gasteiger partial charge in [0.2, 0.25) is 11.8 Å². The Morgan fingerprint density at radius 1 is 1.13 bits per heavy atom. The van der Waals surface area contributed by atoms with Crippen LogP contribution in [0.25, 0.3) is 10.2 Å². The number of nitrogens with zero attached hydrogens (tertiary/aromatic N) is 3. The molecule has 3 amide bonds. The van der Waals surface area contributed by atoms with E-state index in [-0.39, 0.29) is 30.8 Å². The lowest BCUT2D eigenvalue weighted by atomic mass is 10.2. The van der Waals surface area contributed by atoms with Gasteiger partial charge in [0.05, 0.1) is 29.5 Å². The van der Waals surface area contributed by atoms with E-state index in [1.165, 1.54) is 17.7 Å². The van der Waals surface area contributed by atoms with Gasteiger partial charge in [0.25, 0.3) is 5.91 Å². The van der Waals surface area contributed by atoms with E-state index < -0.39 is 36.2 Å². The standard InChI is InChI=1S/C19H19N3O7S/c1-3-29-17(26)10-21-12-5-4-11(18(27)28-2)8-13(12)30-19(21)20-14(23)9-22-15(24)6-7-16(22)25/h4-5,8H,3,6-7,9-10H2,1-2H3. The lowest BCUT2D eigenvalue weighted by Gasteiger charge is -2.10. The topological polar surface area (TPSA) is 124 Å². The van der Waals surface area contributed by atoms with Crippen LogP contribution in [0.2, 0.25) is 0 Å². The predicted octanol–water partition coefficient (Wildman–Crippen LogP) is 0.629. The molecule has 0 bridgehead atoms. The summed E-state index contributed by atoms with van der Waals surface area (Å²) in [6.07, 6.45) is 0.155. The van der Waals surface area contributed by atoms with Crippen LogP contribution in [-0.4, -0.2) is 59.4 Å². The number of carbonyl (C=O) groups is 5. The predicted molar refractivity (Wildman–Crippen MR) is 104 cm³/mol. The lowest BCUT2D eigenvalue weighted by Crippen LogP contribution is -2.34. The molecule has 3 rings (SSSR count). The van der Waals surface area contributed by atoms with Crippen LogP contribution < -0.4 is 4.80 Å². The molecule has 2 heterocycles. The summed E-state index contributed by atoms with van der Waals surface area (Å²) in [6.45, 7) is 1.21. The number of imide groups is 1. The highest BCUT2D eigenvalue weighted by molar-refractivity contribution is 7.16. The maximum absolute atomic E-state index is 12.4. The van der Waals surface area contributed by atoms with Gasteiger partial charge in [-0.05, 0) is 25.1 Å². The molecule has 11 heteroatoms. The number of aromatic nitrogens is 1. The van der Waals surface area contributed by atoms with E-state index in [9.17, 15) is 24.0 Å². The Morgan fingerprint density at radius 3 is 2.47 bits per heavy atom. The van der Waals surface area contributed by atoms with E-state index in [2.05, 4.69) is 4.99 Å². The van der Waals surface area contributed by atoms with E-state index in [0.717, 1.165) is 16.2 Å². The lowest BCUT2D eigenvalue weighted by molar-refractivity contribution is -0.144. The van der Waals surface area contributed by atoms with Crippen molar-refractivity contribution in [3.63, 3.8) is 0 Å². The second-order valence-corrected chi connectivity index (χ2v) is 7.34. The first-order valence-corrected chi connectivity index (χ1v) is 9.93. The molecule has 1 aromatic heterocycles. The second-order valence-electron chi connectivity index (χ2n) is 6.33. The molecule has 158 valence electrons. The van der Waals surface area contributed by atoms with Gasteiger partial charge in [0, 0.05) is 12.8 Å². The van der Waals surface area contributed by atoms with Crippen LogP contribution in [0.1, 0.15) is 30.1 Å². The van der Waals surface area contributed by atoms with Crippen LogP contribution in [-0.2, 0) is 35.2 Å². The molecule has 1 aromatic carbocycles. The van der Waals surface area contributed by atoms with Gasteiger partial charge in [-0.15, -0.1) is 0 Å². The first-order chi connectivity index (χ1) is 14.3. The van der Waals surface area contributed by atoms with Crippen molar-refractivity contribution in [1.82, 2.24) is 9.47 Å². The molecule has 0 unspecified atom stereocenters. The van der Waals surface area contributed by atoms with Crippen molar-refractivity contribution in [2.24, 2.45) is 4.99 Å². The number of likely N-dealkylation sites (tertiary alicyclic amines) is 1. The van der Waals surface area contributed by atoms with Crippen molar-refractivity contribution in [3.8, 4) is 0 Å². The largest absolute Gasteiger partial charge is 0.465 e. The summed E-state index contributed by atoms with van der Waals surface area (Å²) in [4.78, 5) is 64.8. The molecule has 1 fully saturated rings. The summed E-state index contributed by atoms with van der Waals surface area (Å²) in [6, 6.07) is 4.73. The third kappa shape index (κ3) is 4.46. The first-order valence-electron chi connectivity index (χ1n) is 9.12. The molecule has 0 N–H and O–H groups in total. The molecule has 0 aliphatic carbocycles. The number of thiazole rings is 1. The number of methoxy groups -OCH3 is 1. The fourth-order valence-electron chi connectivity index (χ4n) is 2.97. The van der Waals surface area contributed by atoms with Crippen LogP contribution in [0.3, 0.4) is 0 Å². The van der Waals surface area contributed by atoms with Gasteiger partial charge in [-0.3, -0.25) is 24.1 Å². The molecule has 1 aliphatic heterocycles. The van der Waals surface area contributed by atoms with E-state index >= 15 is 0 Å². The van der Waals surface area contributed by atoms with Crippen molar-refractivity contribution in [1.29, 1.82) is 0 Å². The average Bonchev–Trinajstić information content (AvgIpc) is 3.21. The van der Waals surface area contributed by atoms with Crippen molar-refractivity contribution < 1.29 is 33.4 Å². The third-order valence-corrected chi connectivity index (χ3v) is 5.41. The van der Waals surface area contributed by atoms with Gasteiger partial charge in [0.15, 0.2) is 4.80 Å². The number of carbonyl (C=O) groups excluding carboxylic acids is 5. The van der Waals surface area contributed by atoms with Gasteiger partial charge < -0.3 is 14.0 Å². The summed E-state index contributed by atoms with van der Waals surface area (Å²) >= 11 is 1.09. The van der Waals surface area contributed by atoms with Crippen molar-refractivity contribution in [2.45, 2.75) is 26.3 Å². The van der Waals surface area contributed by atoms with Crippen LogP contribution in [0.5, 0.6) is 0 Å². The molecular formula is C19H19N3O7S. The number of hydrogen-bond acceptors (Lipinski definition) is 8. The molecular weight excluding hydrogens is 414 g/mol. The van der Waals surface area contributed by atoms with Gasteiger partial charge in [-0.2, -0.15) is 4.99 Å². The number of esters is 2. The Bertz CT molecular complexity index is 1100. The van der Waals surface area contributed by atoms with Gasteiger partial charge in [-0.1, -0.05) is 11.3 Å². The Morgan fingerprint density at radius 2 is 1.83 bits per heavy atom. The molecule has 30 heavy (non-hydrogen) atoms. The molecule has 2 aromatic rings. The van der Waals surface area contributed by atoms with E-state index in [4.69, 9.17) is 9.47 Å². The zero-order chi connectivity index (χ0) is 21.8. The monoisotopic (exact) mass is 433 g/mol. The third-order valence-electron chi connectivity index (χ3n) is 4.36. The van der Waals surface area contributed by atoms with E-state index in [1.54, 1.807) is 19.1 Å². The molecule has 0 spiro atoms. The molecule has 0 atom stereocenters. The molecule has 10 nitrogen and oxygen atoms in total. The minimum atomic E-state index is -0.698. The highest BCUT2D eigenvalue weighted by Gasteiger charge is 2.30. The molecule has 1 saturated heterocycles. The minimum absolute atomic E-state index is 0.0775. The van der Waals surface area contributed by atoms with Crippen molar-refractivity contribution >= 4 is 51.2 Å². The number of hydrogen-bond donors (Lipinski definition) is 0. The number of benzene rings is 1. The van der Waals surface area contributed by atoms with Crippen molar-refractivity contribution in [2.75, 3.05) is 20.3 Å². The molecule has 0 radical (unpaired) electrons. The number of amides is 3. The summed E-state index contributed by atoms with van der Waals surface area (Å²) < 4.78 is 11.8. The van der Waals surface area contributed by atoms with Crippen LogP contribution in [0.15, 0.2) is 23.2 Å². The summed E-state index contributed by atoms with van der Waals surface area (Å²) in [5.41, 5.74) is 0.876. The Balaban J connectivity index is 2.01. The average molecular weight is 433 g/mol. The zero-order valence-electron chi connectivity index (χ0n) is 16.4. The summed E-state index contributed by atoms with van der Waals surface area (Å²) in [5.74, 6) is -2.57. The maximum atomic E-state index is 12.4. The van der Waals surface area contributed by atoms with Crippen molar-refractivity contribution in [3.05, 3.63) is 28.6 Å². The summed E-state index contributed by atoms with van der Waals surface area (Å²) in [5, 5.41) is 0. The number of ether oxygens (including phenoxy) is 2.